The Labute approximate surface area is 184 Å². The van der Waals surface area contributed by atoms with Gasteiger partial charge in [-0.05, 0) is 25.7 Å². The van der Waals surface area contributed by atoms with Crippen LogP contribution >= 0.6 is 0 Å². The fourth-order valence-electron chi connectivity index (χ4n) is 3.01. The molecule has 0 aliphatic rings. The molecule has 0 unspecified atom stereocenters. The molecule has 0 bridgehead atoms. The first-order valence-corrected chi connectivity index (χ1v) is 10.0. The van der Waals surface area contributed by atoms with Gasteiger partial charge in [0.1, 0.15) is 0 Å². The Bertz CT molecular complexity index is 282. The molecule has 0 heterocycles. The molecule has 0 aromatic carbocycles. The van der Waals surface area contributed by atoms with E-state index in [0.717, 1.165) is 38.5 Å². The number of rotatable bonds is 19. The molecule has 0 spiro atoms. The molecule has 0 radical (unpaired) electrons. The number of unbranched alkanes of at least 4 members (excludes halogenated alkanes) is 15. The minimum absolute atomic E-state index is 0. The summed E-state index contributed by atoms with van der Waals surface area (Å²) in [5, 5.41) is 20.5. The molecule has 0 aliphatic carbocycles. The maximum atomic E-state index is 10.2. The van der Waals surface area contributed by atoms with E-state index >= 15 is 0 Å². The predicted molar refractivity (Wildman–Crippen MR) is 93.1 cm³/mol. The van der Waals surface area contributed by atoms with E-state index in [0.29, 0.717) is 0 Å². The van der Waals surface area contributed by atoms with E-state index in [2.05, 4.69) is 0 Å². The van der Waals surface area contributed by atoms with Crippen LogP contribution in [0.1, 0.15) is 116 Å². The van der Waals surface area contributed by atoms with Crippen molar-refractivity contribution in [1.29, 1.82) is 0 Å². The number of carboxylic acids is 2. The number of hydrogen-bond acceptors (Lipinski definition) is 4. The van der Waals surface area contributed by atoms with E-state index in [1.807, 2.05) is 0 Å². The second-order valence-electron chi connectivity index (χ2n) is 6.90. The van der Waals surface area contributed by atoms with Crippen LogP contribution in [0.25, 0.3) is 0 Å². The Kier molecular flexibility index (Phi) is 29.8. The Morgan fingerprint density at radius 2 is 0.538 bits per heavy atom. The zero-order valence-corrected chi connectivity index (χ0v) is 17.4. The van der Waals surface area contributed by atoms with Crippen LogP contribution in [-0.4, -0.2) is 11.9 Å². The Morgan fingerprint density at radius 3 is 0.692 bits per heavy atom. The van der Waals surface area contributed by atoms with Crippen LogP contribution in [0.4, 0.5) is 0 Å². The summed E-state index contributed by atoms with van der Waals surface area (Å²) in [6.07, 6.45) is 19.2. The van der Waals surface area contributed by atoms with E-state index in [1.54, 1.807) is 0 Å². The molecule has 6 heteroatoms. The average Bonchev–Trinajstić information content (AvgIpc) is 2.53. The Balaban J connectivity index is -0.00000264. The summed E-state index contributed by atoms with van der Waals surface area (Å²) >= 11 is 0. The van der Waals surface area contributed by atoms with Crippen LogP contribution in [0.5, 0.6) is 0 Å². The summed E-state index contributed by atoms with van der Waals surface area (Å²) in [6, 6.07) is 0. The van der Waals surface area contributed by atoms with Crippen LogP contribution < -0.4 is 47.9 Å². The van der Waals surface area contributed by atoms with Gasteiger partial charge in [0.15, 0.2) is 0 Å². The standard InChI is InChI=1S/C20H38O4.2Li/c21-19(22)17-15-13-11-9-7-5-3-1-2-4-6-8-10-12-14-16-18-20(23)24;;/h1-18H2,(H,21,22)(H,23,24);;/q;2*+1/p-2. The molecule has 0 fully saturated rings. The predicted octanol–water partition coefficient (Wildman–Crippen LogP) is -2.48. The van der Waals surface area contributed by atoms with Crippen LogP contribution in [0.15, 0.2) is 0 Å². The van der Waals surface area contributed by atoms with E-state index in [9.17, 15) is 19.8 Å². The fraction of sp³-hybridized carbons (Fsp3) is 0.900. The smallest absolute Gasteiger partial charge is 0.550 e. The van der Waals surface area contributed by atoms with Crippen LogP contribution in [-0.2, 0) is 9.59 Å². The molecule has 0 aromatic rings. The fourth-order valence-corrected chi connectivity index (χ4v) is 3.01. The van der Waals surface area contributed by atoms with Crippen molar-refractivity contribution in [3.63, 3.8) is 0 Å². The Hall–Kier alpha value is 0.135. The molecule has 0 rings (SSSR count). The second-order valence-corrected chi connectivity index (χ2v) is 6.90. The van der Waals surface area contributed by atoms with Gasteiger partial charge in [0.05, 0.1) is 0 Å². The first kappa shape index (κ1) is 30.8. The van der Waals surface area contributed by atoms with Gasteiger partial charge in [-0.25, -0.2) is 0 Å². The van der Waals surface area contributed by atoms with Crippen LogP contribution in [0.3, 0.4) is 0 Å². The molecule has 4 nitrogen and oxygen atoms in total. The summed E-state index contributed by atoms with van der Waals surface area (Å²) in [5.74, 6) is -1.85. The summed E-state index contributed by atoms with van der Waals surface area (Å²) in [6.45, 7) is 0. The van der Waals surface area contributed by atoms with E-state index in [-0.39, 0.29) is 50.6 Å². The molecule has 0 saturated heterocycles. The SMILES string of the molecule is O=C([O-])CCCCCCCCCCCCCCCCCCC(=O)[O-].[Li+].[Li+]. The zero-order chi connectivity index (χ0) is 17.9. The van der Waals surface area contributed by atoms with E-state index in [1.165, 1.54) is 64.2 Å². The van der Waals surface area contributed by atoms with Gasteiger partial charge >= 0.3 is 37.7 Å². The van der Waals surface area contributed by atoms with Crippen LogP contribution in [0.2, 0.25) is 0 Å². The maximum absolute atomic E-state index is 10.2. The number of carboxylic acid groups (broad SMARTS) is 2. The van der Waals surface area contributed by atoms with Crippen molar-refractivity contribution in [2.24, 2.45) is 0 Å². The third-order valence-corrected chi connectivity index (χ3v) is 4.51. The van der Waals surface area contributed by atoms with Gasteiger partial charge in [-0.15, -0.1) is 0 Å². The zero-order valence-electron chi connectivity index (χ0n) is 17.4. The van der Waals surface area contributed by atoms with Crippen molar-refractivity contribution in [3.05, 3.63) is 0 Å². The van der Waals surface area contributed by atoms with Gasteiger partial charge in [-0.1, -0.05) is 89.9 Å². The quantitative estimate of drug-likeness (QED) is 0.190. The minimum atomic E-state index is -0.925. The Morgan fingerprint density at radius 1 is 0.385 bits per heavy atom. The topological polar surface area (TPSA) is 80.3 Å². The summed E-state index contributed by atoms with van der Waals surface area (Å²) < 4.78 is 0. The van der Waals surface area contributed by atoms with Gasteiger partial charge in [0.2, 0.25) is 0 Å². The van der Waals surface area contributed by atoms with E-state index < -0.39 is 11.9 Å². The number of carbonyl (C=O) groups excluding carboxylic acids is 2. The minimum Gasteiger partial charge on any atom is -0.550 e. The summed E-state index contributed by atoms with van der Waals surface area (Å²) in [7, 11) is 0. The third-order valence-electron chi connectivity index (χ3n) is 4.51. The van der Waals surface area contributed by atoms with Gasteiger partial charge in [0, 0.05) is 11.9 Å². The molecule has 0 saturated carbocycles. The van der Waals surface area contributed by atoms with Gasteiger partial charge in [-0.3, -0.25) is 0 Å². The number of carbonyl (C=O) groups is 2. The van der Waals surface area contributed by atoms with Crippen molar-refractivity contribution >= 4 is 11.9 Å². The van der Waals surface area contributed by atoms with Gasteiger partial charge in [-0.2, -0.15) is 0 Å². The molecule has 0 atom stereocenters. The maximum Gasteiger partial charge on any atom is 1.00 e. The largest absolute Gasteiger partial charge is 1.00 e. The van der Waals surface area contributed by atoms with Crippen molar-refractivity contribution in [1.82, 2.24) is 0 Å². The average molecular weight is 354 g/mol. The first-order chi connectivity index (χ1) is 11.6. The second kappa shape index (κ2) is 25.1. The third kappa shape index (κ3) is 28.9. The van der Waals surface area contributed by atoms with Crippen molar-refractivity contribution in [2.45, 2.75) is 116 Å². The molecule has 0 N–H and O–H groups in total. The normalized spacial score (nSPS) is 10.0. The number of aliphatic carboxylic acids is 2. The number of hydrogen-bond donors (Lipinski definition) is 0. The van der Waals surface area contributed by atoms with Gasteiger partial charge < -0.3 is 19.8 Å². The van der Waals surface area contributed by atoms with Crippen LogP contribution in [0, 0.1) is 0 Å². The first-order valence-electron chi connectivity index (χ1n) is 10.0. The molecular weight excluding hydrogens is 318 g/mol. The monoisotopic (exact) mass is 354 g/mol. The summed E-state index contributed by atoms with van der Waals surface area (Å²) in [4.78, 5) is 20.5. The molecular formula is C20H36Li2O4. The summed E-state index contributed by atoms with van der Waals surface area (Å²) in [5.41, 5.74) is 0. The van der Waals surface area contributed by atoms with E-state index in [4.69, 9.17) is 0 Å². The van der Waals surface area contributed by atoms with Crippen molar-refractivity contribution < 1.29 is 57.5 Å². The molecule has 142 valence electrons. The van der Waals surface area contributed by atoms with Crippen molar-refractivity contribution in [3.8, 4) is 0 Å². The molecule has 0 amide bonds. The molecule has 0 aromatic heterocycles. The van der Waals surface area contributed by atoms with Crippen molar-refractivity contribution in [2.75, 3.05) is 0 Å². The molecule has 26 heavy (non-hydrogen) atoms. The molecule has 0 aliphatic heterocycles. The van der Waals surface area contributed by atoms with Gasteiger partial charge in [0.25, 0.3) is 0 Å².